The number of rotatable bonds is 5. The molecule has 0 radical (unpaired) electrons. The smallest absolute Gasteiger partial charge is 0.325 e. The predicted molar refractivity (Wildman–Crippen MR) is 124 cm³/mol. The highest BCUT2D eigenvalue weighted by atomic mass is 32.2. The lowest BCUT2D eigenvalue weighted by Crippen LogP contribution is -2.37. The molecule has 0 atom stereocenters. The molecule has 0 unspecified atom stereocenters. The van der Waals surface area contributed by atoms with E-state index in [0.717, 1.165) is 40.6 Å². The number of thioether (sulfide) groups is 1. The largest absolute Gasteiger partial charge is 0.416 e. The summed E-state index contributed by atoms with van der Waals surface area (Å²) in [4.78, 5) is 47.3. The van der Waals surface area contributed by atoms with Crippen molar-refractivity contribution >= 4 is 45.7 Å². The van der Waals surface area contributed by atoms with Crippen molar-refractivity contribution in [1.29, 1.82) is 0 Å². The summed E-state index contributed by atoms with van der Waals surface area (Å²) in [5, 5.41) is 4.66. The van der Waals surface area contributed by atoms with Crippen molar-refractivity contribution in [3.8, 4) is 10.7 Å². The standard InChI is InChI=1S/C21H16F3N5O3S2/c1-28-17-15(19(31)29(2)20(28)32)18(27-16(26-17)13-4-3-9-33-13)34-10-14(30)25-12-7-5-11(6-8-12)21(22,23)24/h3-9H,10H2,1-2H3,(H,25,30). The van der Waals surface area contributed by atoms with Crippen LogP contribution < -0.4 is 16.6 Å². The van der Waals surface area contributed by atoms with Crippen LogP contribution in [0, 0.1) is 0 Å². The van der Waals surface area contributed by atoms with Crippen LogP contribution in [0.2, 0.25) is 0 Å². The Morgan fingerprint density at radius 3 is 2.41 bits per heavy atom. The molecule has 4 aromatic rings. The number of carbonyl (C=O) groups excluding carboxylic acids is 1. The van der Waals surface area contributed by atoms with Crippen LogP contribution in [0.25, 0.3) is 21.7 Å². The summed E-state index contributed by atoms with van der Waals surface area (Å²) in [5.74, 6) is -0.379. The van der Waals surface area contributed by atoms with E-state index in [9.17, 15) is 27.6 Å². The lowest BCUT2D eigenvalue weighted by atomic mass is 10.2. The molecule has 0 aliphatic rings. The highest BCUT2D eigenvalue weighted by molar-refractivity contribution is 8.00. The lowest BCUT2D eigenvalue weighted by molar-refractivity contribution is -0.137. The molecule has 0 saturated carbocycles. The van der Waals surface area contributed by atoms with E-state index >= 15 is 0 Å². The predicted octanol–water partition coefficient (Wildman–Crippen LogP) is 3.51. The van der Waals surface area contributed by atoms with Gasteiger partial charge in [0, 0.05) is 19.8 Å². The van der Waals surface area contributed by atoms with E-state index in [2.05, 4.69) is 15.3 Å². The number of aryl methyl sites for hydroxylation is 1. The van der Waals surface area contributed by atoms with Gasteiger partial charge in [-0.15, -0.1) is 11.3 Å². The maximum Gasteiger partial charge on any atom is 0.416 e. The molecule has 8 nitrogen and oxygen atoms in total. The second-order valence-electron chi connectivity index (χ2n) is 7.15. The summed E-state index contributed by atoms with van der Waals surface area (Å²) in [6.45, 7) is 0. The van der Waals surface area contributed by atoms with Gasteiger partial charge in [-0.2, -0.15) is 13.2 Å². The third kappa shape index (κ3) is 4.61. The van der Waals surface area contributed by atoms with Gasteiger partial charge in [0.05, 0.1) is 16.2 Å². The van der Waals surface area contributed by atoms with E-state index in [1.54, 1.807) is 12.1 Å². The van der Waals surface area contributed by atoms with Crippen molar-refractivity contribution in [2.75, 3.05) is 11.1 Å². The third-order valence-corrected chi connectivity index (χ3v) is 6.69. The first kappa shape index (κ1) is 23.7. The second kappa shape index (κ2) is 9.06. The number of hydrogen-bond acceptors (Lipinski definition) is 7. The second-order valence-corrected chi connectivity index (χ2v) is 9.06. The molecule has 3 heterocycles. The van der Waals surface area contributed by atoms with Crippen molar-refractivity contribution in [2.24, 2.45) is 14.1 Å². The van der Waals surface area contributed by atoms with Gasteiger partial charge < -0.3 is 5.32 Å². The molecule has 0 aliphatic carbocycles. The number of aromatic nitrogens is 4. The molecule has 13 heteroatoms. The average Bonchev–Trinajstić information content (AvgIpc) is 3.34. The lowest BCUT2D eigenvalue weighted by Gasteiger charge is -2.12. The van der Waals surface area contributed by atoms with Crippen LogP contribution >= 0.6 is 23.1 Å². The number of benzene rings is 1. The first-order chi connectivity index (χ1) is 16.1. The first-order valence-corrected chi connectivity index (χ1v) is 11.5. The summed E-state index contributed by atoms with van der Waals surface area (Å²) in [5.41, 5.74) is -1.64. The van der Waals surface area contributed by atoms with Crippen LogP contribution in [0.3, 0.4) is 0 Å². The van der Waals surface area contributed by atoms with Crippen LogP contribution in [0.15, 0.2) is 56.4 Å². The minimum Gasteiger partial charge on any atom is -0.325 e. The number of halogens is 3. The molecule has 1 amide bonds. The number of amides is 1. The minimum absolute atomic E-state index is 0.0947. The van der Waals surface area contributed by atoms with E-state index in [1.807, 2.05) is 5.38 Å². The Balaban J connectivity index is 1.65. The number of anilines is 1. The van der Waals surface area contributed by atoms with Gasteiger partial charge in [-0.1, -0.05) is 17.8 Å². The van der Waals surface area contributed by atoms with E-state index < -0.39 is 28.9 Å². The van der Waals surface area contributed by atoms with Gasteiger partial charge in [0.15, 0.2) is 11.5 Å². The van der Waals surface area contributed by atoms with Gasteiger partial charge in [-0.05, 0) is 35.7 Å². The molecule has 0 bridgehead atoms. The Morgan fingerprint density at radius 1 is 1.09 bits per heavy atom. The van der Waals surface area contributed by atoms with Gasteiger partial charge in [0.2, 0.25) is 5.91 Å². The van der Waals surface area contributed by atoms with Gasteiger partial charge in [0.1, 0.15) is 10.4 Å². The summed E-state index contributed by atoms with van der Waals surface area (Å²) in [6, 6.07) is 7.66. The Labute approximate surface area is 198 Å². The molecule has 1 aromatic carbocycles. The number of carbonyl (C=O) groups is 1. The molecular formula is C21H16F3N5O3S2. The Bertz CT molecular complexity index is 1490. The number of nitrogens with one attached hydrogen (secondary N) is 1. The molecule has 0 fully saturated rings. The molecule has 1 N–H and O–H groups in total. The average molecular weight is 508 g/mol. The van der Waals surface area contributed by atoms with Gasteiger partial charge in [0.25, 0.3) is 5.56 Å². The minimum atomic E-state index is -4.47. The van der Waals surface area contributed by atoms with Crippen molar-refractivity contribution in [3.05, 3.63) is 68.2 Å². The molecular weight excluding hydrogens is 491 g/mol. The number of thiophene rings is 1. The first-order valence-electron chi connectivity index (χ1n) is 9.68. The van der Waals surface area contributed by atoms with Gasteiger partial charge >= 0.3 is 11.9 Å². The number of hydrogen-bond donors (Lipinski definition) is 1. The van der Waals surface area contributed by atoms with Crippen LogP contribution in [0.5, 0.6) is 0 Å². The van der Waals surface area contributed by atoms with E-state index in [1.165, 1.54) is 30.0 Å². The molecule has 0 aliphatic heterocycles. The third-order valence-electron chi connectivity index (χ3n) is 4.84. The summed E-state index contributed by atoms with van der Waals surface area (Å²) in [6.07, 6.45) is -4.47. The molecule has 3 aromatic heterocycles. The number of fused-ring (bicyclic) bond motifs is 1. The zero-order valence-corrected chi connectivity index (χ0v) is 19.3. The monoisotopic (exact) mass is 507 g/mol. The highest BCUT2D eigenvalue weighted by Crippen LogP contribution is 2.30. The molecule has 0 spiro atoms. The van der Waals surface area contributed by atoms with E-state index in [-0.39, 0.29) is 27.5 Å². The highest BCUT2D eigenvalue weighted by Gasteiger charge is 2.30. The number of alkyl halides is 3. The zero-order valence-electron chi connectivity index (χ0n) is 17.7. The van der Waals surface area contributed by atoms with Crippen LogP contribution in [-0.2, 0) is 25.1 Å². The summed E-state index contributed by atoms with van der Waals surface area (Å²) < 4.78 is 40.3. The Hall–Kier alpha value is -3.45. The summed E-state index contributed by atoms with van der Waals surface area (Å²) in [7, 11) is 2.82. The Morgan fingerprint density at radius 2 is 1.79 bits per heavy atom. The maximum absolute atomic E-state index is 12.8. The van der Waals surface area contributed by atoms with Crippen molar-refractivity contribution < 1.29 is 18.0 Å². The molecule has 176 valence electrons. The quantitative estimate of drug-likeness (QED) is 0.328. The zero-order chi connectivity index (χ0) is 24.6. The van der Waals surface area contributed by atoms with Crippen molar-refractivity contribution in [2.45, 2.75) is 11.2 Å². The van der Waals surface area contributed by atoms with Crippen LogP contribution in [0.4, 0.5) is 18.9 Å². The van der Waals surface area contributed by atoms with Gasteiger partial charge in [-0.3, -0.25) is 18.7 Å². The van der Waals surface area contributed by atoms with Crippen molar-refractivity contribution in [1.82, 2.24) is 19.1 Å². The normalized spacial score (nSPS) is 11.7. The number of nitrogens with zero attached hydrogens (tertiary/aromatic N) is 4. The van der Waals surface area contributed by atoms with Crippen LogP contribution in [-0.4, -0.2) is 30.8 Å². The van der Waals surface area contributed by atoms with Crippen LogP contribution in [0.1, 0.15) is 5.56 Å². The fourth-order valence-corrected chi connectivity index (χ4v) is 4.59. The molecule has 0 saturated heterocycles. The Kier molecular flexibility index (Phi) is 6.32. The fraction of sp³-hybridized carbons (Fsp3) is 0.190. The van der Waals surface area contributed by atoms with Crippen molar-refractivity contribution in [3.63, 3.8) is 0 Å². The molecule has 4 rings (SSSR count). The topological polar surface area (TPSA) is 98.9 Å². The molecule has 34 heavy (non-hydrogen) atoms. The van der Waals surface area contributed by atoms with E-state index in [0.29, 0.717) is 10.7 Å². The summed E-state index contributed by atoms with van der Waals surface area (Å²) >= 11 is 2.34. The maximum atomic E-state index is 12.8. The fourth-order valence-electron chi connectivity index (χ4n) is 3.12. The van der Waals surface area contributed by atoms with E-state index in [4.69, 9.17) is 0 Å². The SMILES string of the molecule is Cn1c(=O)c2c(SCC(=O)Nc3ccc(C(F)(F)F)cc3)nc(-c3cccs3)nc2n(C)c1=O. The van der Waals surface area contributed by atoms with Gasteiger partial charge in [-0.25, -0.2) is 14.8 Å².